The van der Waals surface area contributed by atoms with E-state index in [0.717, 1.165) is 61.3 Å². The molecule has 0 radical (unpaired) electrons. The van der Waals surface area contributed by atoms with E-state index in [0.29, 0.717) is 12.3 Å². The third-order valence-electron chi connectivity index (χ3n) is 6.19. The van der Waals surface area contributed by atoms with Gasteiger partial charge in [0, 0.05) is 18.7 Å². The SMILES string of the molecule is O=C(O)N(c1cc(CCCO)ccc1-c1ccccc1)C1CN2CCC1CC2. The van der Waals surface area contributed by atoms with Crippen molar-refractivity contribution in [3.8, 4) is 11.1 Å². The Balaban J connectivity index is 1.78. The van der Waals surface area contributed by atoms with E-state index < -0.39 is 6.09 Å². The third-order valence-corrected chi connectivity index (χ3v) is 6.19. The standard InChI is InChI=1S/C23H28N2O3/c26-14-4-5-17-8-9-20(18-6-2-1-3-7-18)21(15-17)25(23(27)28)22-16-24-12-10-19(22)11-13-24/h1-3,6-9,15,19,22,26H,4-5,10-14,16H2,(H,27,28). The van der Waals surface area contributed by atoms with E-state index in [-0.39, 0.29) is 12.6 Å². The number of benzene rings is 2. The Morgan fingerprint density at radius 3 is 2.46 bits per heavy atom. The zero-order valence-electron chi connectivity index (χ0n) is 16.1. The van der Waals surface area contributed by atoms with Crippen LogP contribution in [-0.4, -0.2) is 53.5 Å². The molecule has 1 atom stereocenters. The van der Waals surface area contributed by atoms with Gasteiger partial charge < -0.3 is 15.1 Å². The second-order valence-electron chi connectivity index (χ2n) is 7.90. The van der Waals surface area contributed by atoms with Gasteiger partial charge in [-0.05, 0) is 61.9 Å². The third kappa shape index (κ3) is 3.77. The summed E-state index contributed by atoms with van der Waals surface area (Å²) in [5.41, 5.74) is 3.81. The normalized spacial score (nSPS) is 23.5. The number of anilines is 1. The highest BCUT2D eigenvalue weighted by molar-refractivity contribution is 5.94. The molecule has 28 heavy (non-hydrogen) atoms. The lowest BCUT2D eigenvalue weighted by atomic mass is 9.82. The number of aryl methyl sites for hydroxylation is 1. The van der Waals surface area contributed by atoms with Crippen molar-refractivity contribution in [2.75, 3.05) is 31.1 Å². The maximum Gasteiger partial charge on any atom is 0.412 e. The Bertz CT molecular complexity index is 816. The lowest BCUT2D eigenvalue weighted by Gasteiger charge is -2.48. The fourth-order valence-electron chi connectivity index (χ4n) is 4.73. The molecule has 5 heteroatoms. The van der Waals surface area contributed by atoms with Crippen LogP contribution in [0, 0.1) is 5.92 Å². The van der Waals surface area contributed by atoms with Gasteiger partial charge in [0.05, 0.1) is 11.7 Å². The highest BCUT2D eigenvalue weighted by Crippen LogP contribution is 2.38. The minimum Gasteiger partial charge on any atom is -0.465 e. The number of piperidine rings is 3. The van der Waals surface area contributed by atoms with Crippen LogP contribution < -0.4 is 4.90 Å². The molecule has 2 N–H and O–H groups in total. The minimum absolute atomic E-state index is 0.00412. The fraction of sp³-hybridized carbons (Fsp3) is 0.435. The summed E-state index contributed by atoms with van der Waals surface area (Å²) in [6.45, 7) is 3.11. The maximum absolute atomic E-state index is 12.5. The van der Waals surface area contributed by atoms with Crippen molar-refractivity contribution in [1.82, 2.24) is 4.90 Å². The van der Waals surface area contributed by atoms with Crippen molar-refractivity contribution in [2.24, 2.45) is 5.92 Å². The van der Waals surface area contributed by atoms with E-state index in [4.69, 9.17) is 0 Å². The first-order valence-electron chi connectivity index (χ1n) is 10.2. The van der Waals surface area contributed by atoms with Gasteiger partial charge in [-0.15, -0.1) is 0 Å². The first kappa shape index (κ1) is 19.0. The topological polar surface area (TPSA) is 64.0 Å². The molecule has 3 aliphatic heterocycles. The van der Waals surface area contributed by atoms with Crippen LogP contribution in [0.5, 0.6) is 0 Å². The van der Waals surface area contributed by atoms with E-state index >= 15 is 0 Å². The number of rotatable bonds is 6. The molecular weight excluding hydrogens is 352 g/mol. The van der Waals surface area contributed by atoms with Crippen LogP contribution in [0.4, 0.5) is 10.5 Å². The Hall–Kier alpha value is -2.37. The van der Waals surface area contributed by atoms with Crippen LogP contribution in [0.15, 0.2) is 48.5 Å². The molecule has 2 aromatic carbocycles. The second-order valence-corrected chi connectivity index (χ2v) is 7.90. The molecule has 0 spiro atoms. The lowest BCUT2D eigenvalue weighted by molar-refractivity contribution is 0.0837. The lowest BCUT2D eigenvalue weighted by Crippen LogP contribution is -2.59. The van der Waals surface area contributed by atoms with Crippen molar-refractivity contribution in [3.63, 3.8) is 0 Å². The van der Waals surface area contributed by atoms with Gasteiger partial charge in [0.25, 0.3) is 0 Å². The molecule has 0 aromatic heterocycles. The molecule has 1 unspecified atom stereocenters. The largest absolute Gasteiger partial charge is 0.465 e. The number of aliphatic hydroxyl groups is 1. The van der Waals surface area contributed by atoms with Crippen molar-refractivity contribution in [1.29, 1.82) is 0 Å². The number of carbonyl (C=O) groups is 1. The van der Waals surface area contributed by atoms with Gasteiger partial charge >= 0.3 is 6.09 Å². The Morgan fingerprint density at radius 1 is 1.11 bits per heavy atom. The van der Waals surface area contributed by atoms with Gasteiger partial charge in [-0.3, -0.25) is 4.90 Å². The Kier molecular flexibility index (Phi) is 5.64. The van der Waals surface area contributed by atoms with Crippen molar-refractivity contribution >= 4 is 11.8 Å². The van der Waals surface area contributed by atoms with Gasteiger partial charge in [0.15, 0.2) is 0 Å². The number of nitrogens with zero attached hydrogens (tertiary/aromatic N) is 2. The highest BCUT2D eigenvalue weighted by Gasteiger charge is 2.40. The molecule has 0 aliphatic carbocycles. The summed E-state index contributed by atoms with van der Waals surface area (Å²) in [6, 6.07) is 16.1. The van der Waals surface area contributed by atoms with Crippen LogP contribution in [0.3, 0.4) is 0 Å². The van der Waals surface area contributed by atoms with Gasteiger partial charge in [0.1, 0.15) is 0 Å². The van der Waals surface area contributed by atoms with Crippen LogP contribution in [0.25, 0.3) is 11.1 Å². The van der Waals surface area contributed by atoms with E-state index in [2.05, 4.69) is 11.0 Å². The quantitative estimate of drug-likeness (QED) is 0.799. The molecule has 3 heterocycles. The van der Waals surface area contributed by atoms with E-state index in [1.54, 1.807) is 4.90 Å². The van der Waals surface area contributed by atoms with Crippen molar-refractivity contribution in [3.05, 3.63) is 54.1 Å². The molecule has 1 amide bonds. The van der Waals surface area contributed by atoms with Crippen LogP contribution in [0.1, 0.15) is 24.8 Å². The summed E-state index contributed by atoms with van der Waals surface area (Å²) in [5.74, 6) is 0.422. The average molecular weight is 380 g/mol. The minimum atomic E-state index is -0.879. The molecule has 2 aromatic rings. The number of hydrogen-bond acceptors (Lipinski definition) is 3. The summed E-state index contributed by atoms with van der Waals surface area (Å²) in [4.78, 5) is 16.5. The summed E-state index contributed by atoms with van der Waals surface area (Å²) in [5, 5.41) is 19.4. The van der Waals surface area contributed by atoms with Gasteiger partial charge in [-0.2, -0.15) is 0 Å². The molecule has 3 fully saturated rings. The van der Waals surface area contributed by atoms with Gasteiger partial charge in [0.2, 0.25) is 0 Å². The first-order chi connectivity index (χ1) is 13.7. The molecular formula is C23H28N2O3. The summed E-state index contributed by atoms with van der Waals surface area (Å²) >= 11 is 0. The number of aliphatic hydroxyl groups excluding tert-OH is 1. The number of amides is 1. The molecule has 5 rings (SSSR count). The van der Waals surface area contributed by atoms with Crippen molar-refractivity contribution < 1.29 is 15.0 Å². The van der Waals surface area contributed by atoms with Gasteiger partial charge in [-0.1, -0.05) is 42.5 Å². The fourth-order valence-corrected chi connectivity index (χ4v) is 4.73. The predicted octanol–water partition coefficient (Wildman–Crippen LogP) is 3.86. The molecule has 148 valence electrons. The molecule has 0 saturated carbocycles. The van der Waals surface area contributed by atoms with E-state index in [1.165, 1.54) is 0 Å². The summed E-state index contributed by atoms with van der Waals surface area (Å²) in [6.07, 6.45) is 2.68. The molecule has 3 saturated heterocycles. The molecule has 5 nitrogen and oxygen atoms in total. The number of fused-ring (bicyclic) bond motifs is 3. The van der Waals surface area contributed by atoms with Crippen LogP contribution in [0.2, 0.25) is 0 Å². The summed E-state index contributed by atoms with van der Waals surface area (Å²) < 4.78 is 0. The number of hydrogen-bond donors (Lipinski definition) is 2. The van der Waals surface area contributed by atoms with Crippen LogP contribution in [-0.2, 0) is 6.42 Å². The predicted molar refractivity (Wildman–Crippen MR) is 111 cm³/mol. The first-order valence-corrected chi connectivity index (χ1v) is 10.2. The smallest absolute Gasteiger partial charge is 0.412 e. The van der Waals surface area contributed by atoms with E-state index in [1.807, 2.05) is 42.5 Å². The Labute approximate surface area is 166 Å². The average Bonchev–Trinajstić information content (AvgIpc) is 2.74. The summed E-state index contributed by atoms with van der Waals surface area (Å²) in [7, 11) is 0. The highest BCUT2D eigenvalue weighted by atomic mass is 16.4. The molecule has 3 aliphatic rings. The monoisotopic (exact) mass is 380 g/mol. The van der Waals surface area contributed by atoms with Gasteiger partial charge in [-0.25, -0.2) is 4.79 Å². The van der Waals surface area contributed by atoms with Crippen molar-refractivity contribution in [2.45, 2.75) is 31.7 Å². The zero-order chi connectivity index (χ0) is 19.5. The maximum atomic E-state index is 12.5. The van der Waals surface area contributed by atoms with E-state index in [9.17, 15) is 15.0 Å². The number of carboxylic acid groups (broad SMARTS) is 1. The molecule has 2 bridgehead atoms. The zero-order valence-corrected chi connectivity index (χ0v) is 16.1. The second kappa shape index (κ2) is 8.33. The Morgan fingerprint density at radius 2 is 1.86 bits per heavy atom. The van der Waals surface area contributed by atoms with Crippen LogP contribution >= 0.6 is 0 Å².